The van der Waals surface area contributed by atoms with Crippen LogP contribution in [0.3, 0.4) is 0 Å². The number of rotatable bonds is 3. The second-order valence-electron chi connectivity index (χ2n) is 2.59. The number of nitrogens with zero attached hydrogens (tertiary/aromatic N) is 1. The lowest BCUT2D eigenvalue weighted by molar-refractivity contribution is -0.138. The van der Waals surface area contributed by atoms with Crippen molar-refractivity contribution in [1.82, 2.24) is 0 Å². The molecule has 0 saturated carbocycles. The number of methoxy groups -OCH3 is 1. The van der Waals surface area contributed by atoms with Gasteiger partial charge in [-0.2, -0.15) is 5.26 Å². The summed E-state index contributed by atoms with van der Waals surface area (Å²) in [5.74, 6) is -0.363. The maximum absolute atomic E-state index is 10.8. The second kappa shape index (κ2) is 4.87. The molecule has 0 spiro atoms. The summed E-state index contributed by atoms with van der Waals surface area (Å²) in [5.41, 5.74) is 1.15. The van der Waals surface area contributed by atoms with Crippen LogP contribution in [-0.4, -0.2) is 19.6 Å². The molecular weight excluding hydrogens is 180 g/mol. The Morgan fingerprint density at radius 2 is 2.29 bits per heavy atom. The van der Waals surface area contributed by atoms with Gasteiger partial charge in [-0.15, -0.1) is 0 Å². The van der Waals surface area contributed by atoms with Crippen LogP contribution in [0, 0.1) is 11.3 Å². The molecule has 0 aliphatic heterocycles. The molecule has 0 aliphatic carbocycles. The van der Waals surface area contributed by atoms with Crippen molar-refractivity contribution < 1.29 is 9.53 Å². The minimum Gasteiger partial charge on any atom is -0.468 e. The Labute approximate surface area is 82.1 Å². The highest BCUT2D eigenvalue weighted by Crippen LogP contribution is 2.12. The van der Waals surface area contributed by atoms with Crippen molar-refractivity contribution in [2.24, 2.45) is 0 Å². The van der Waals surface area contributed by atoms with E-state index in [9.17, 15) is 4.79 Å². The molecule has 0 atom stereocenters. The Hall–Kier alpha value is -2.02. The fourth-order valence-electron chi connectivity index (χ4n) is 0.974. The summed E-state index contributed by atoms with van der Waals surface area (Å²) in [4.78, 5) is 10.8. The molecule has 4 nitrogen and oxygen atoms in total. The molecule has 0 aromatic heterocycles. The molecule has 4 heteroatoms. The number of esters is 1. The zero-order valence-electron chi connectivity index (χ0n) is 7.78. The van der Waals surface area contributed by atoms with E-state index in [-0.39, 0.29) is 12.5 Å². The number of nitrogens with one attached hydrogen (secondary N) is 1. The first-order valence-corrected chi connectivity index (χ1v) is 4.07. The molecule has 0 unspecified atom stereocenters. The molecular formula is C10H10N2O2. The van der Waals surface area contributed by atoms with E-state index >= 15 is 0 Å². The van der Waals surface area contributed by atoms with E-state index in [4.69, 9.17) is 5.26 Å². The number of hydrogen-bond acceptors (Lipinski definition) is 4. The summed E-state index contributed by atoms with van der Waals surface area (Å²) in [6.07, 6.45) is 0. The van der Waals surface area contributed by atoms with Crippen LogP contribution >= 0.6 is 0 Å². The number of hydrogen-bond donors (Lipinski definition) is 1. The molecule has 0 saturated heterocycles. The van der Waals surface area contributed by atoms with E-state index in [0.717, 1.165) is 0 Å². The van der Waals surface area contributed by atoms with Crippen molar-refractivity contribution >= 4 is 11.7 Å². The van der Waals surface area contributed by atoms with E-state index in [1.165, 1.54) is 7.11 Å². The van der Waals surface area contributed by atoms with Crippen molar-refractivity contribution in [1.29, 1.82) is 5.26 Å². The predicted octanol–water partition coefficient (Wildman–Crippen LogP) is 1.14. The van der Waals surface area contributed by atoms with Gasteiger partial charge in [-0.05, 0) is 12.1 Å². The van der Waals surface area contributed by atoms with Gasteiger partial charge in [0.05, 0.1) is 18.4 Å². The Morgan fingerprint density at radius 1 is 1.57 bits per heavy atom. The highest BCUT2D eigenvalue weighted by atomic mass is 16.5. The van der Waals surface area contributed by atoms with Crippen LogP contribution < -0.4 is 5.32 Å². The molecule has 0 heterocycles. The Kier molecular flexibility index (Phi) is 3.50. The first-order chi connectivity index (χ1) is 6.77. The van der Waals surface area contributed by atoms with Crippen LogP contribution in [0.25, 0.3) is 0 Å². The van der Waals surface area contributed by atoms with Gasteiger partial charge in [-0.25, -0.2) is 0 Å². The molecule has 0 aliphatic rings. The van der Waals surface area contributed by atoms with Crippen molar-refractivity contribution in [2.75, 3.05) is 19.0 Å². The first kappa shape index (κ1) is 10.1. The van der Waals surface area contributed by atoms with Crippen molar-refractivity contribution in [3.63, 3.8) is 0 Å². The zero-order valence-corrected chi connectivity index (χ0v) is 7.78. The van der Waals surface area contributed by atoms with E-state index < -0.39 is 0 Å². The largest absolute Gasteiger partial charge is 0.468 e. The topological polar surface area (TPSA) is 62.1 Å². The van der Waals surface area contributed by atoms with Crippen LogP contribution in [0.1, 0.15) is 5.56 Å². The number of para-hydroxylation sites is 1. The van der Waals surface area contributed by atoms with Crippen molar-refractivity contribution in [3.05, 3.63) is 29.8 Å². The number of carbonyl (C=O) groups is 1. The number of carbonyl (C=O) groups excluding carboxylic acids is 1. The van der Waals surface area contributed by atoms with Gasteiger partial charge >= 0.3 is 5.97 Å². The summed E-state index contributed by atoms with van der Waals surface area (Å²) in [7, 11) is 1.32. The smallest absolute Gasteiger partial charge is 0.325 e. The van der Waals surface area contributed by atoms with Crippen LogP contribution in [-0.2, 0) is 9.53 Å². The van der Waals surface area contributed by atoms with Crippen LogP contribution in [0.2, 0.25) is 0 Å². The van der Waals surface area contributed by atoms with E-state index in [1.807, 2.05) is 6.07 Å². The zero-order chi connectivity index (χ0) is 10.4. The molecule has 1 aromatic carbocycles. The third-order valence-corrected chi connectivity index (χ3v) is 1.70. The second-order valence-corrected chi connectivity index (χ2v) is 2.59. The highest BCUT2D eigenvalue weighted by Gasteiger charge is 2.02. The quantitative estimate of drug-likeness (QED) is 0.726. The number of benzene rings is 1. The molecule has 72 valence electrons. The summed E-state index contributed by atoms with van der Waals surface area (Å²) in [6, 6.07) is 9.00. The number of ether oxygens (including phenoxy) is 1. The van der Waals surface area contributed by atoms with Crippen molar-refractivity contribution in [3.8, 4) is 6.07 Å². The lowest BCUT2D eigenvalue weighted by Gasteiger charge is -2.05. The third kappa shape index (κ3) is 2.49. The van der Waals surface area contributed by atoms with Gasteiger partial charge in [0.15, 0.2) is 0 Å². The average Bonchev–Trinajstić information content (AvgIpc) is 2.26. The summed E-state index contributed by atoms with van der Waals surface area (Å²) < 4.78 is 4.46. The molecule has 0 radical (unpaired) electrons. The standard InChI is InChI=1S/C10H10N2O2/c1-14-10(13)7-12-9-5-3-2-4-8(9)6-11/h2-5,12H,7H2,1H3. The Bertz CT molecular complexity index is 369. The van der Waals surface area contributed by atoms with Gasteiger partial charge in [0.1, 0.15) is 12.6 Å². The van der Waals surface area contributed by atoms with Gasteiger partial charge in [-0.1, -0.05) is 12.1 Å². The summed E-state index contributed by atoms with van der Waals surface area (Å²) in [5, 5.41) is 11.6. The summed E-state index contributed by atoms with van der Waals surface area (Å²) in [6.45, 7) is 0.0647. The molecule has 0 amide bonds. The fraction of sp³-hybridized carbons (Fsp3) is 0.200. The molecule has 1 rings (SSSR count). The fourth-order valence-corrected chi connectivity index (χ4v) is 0.974. The Balaban J connectivity index is 2.68. The van der Waals surface area contributed by atoms with E-state index in [1.54, 1.807) is 24.3 Å². The normalized spacial score (nSPS) is 8.86. The lowest BCUT2D eigenvalue weighted by Crippen LogP contribution is -2.15. The van der Waals surface area contributed by atoms with Crippen LogP contribution in [0.5, 0.6) is 0 Å². The summed E-state index contributed by atoms with van der Waals surface area (Å²) >= 11 is 0. The van der Waals surface area contributed by atoms with E-state index in [0.29, 0.717) is 11.3 Å². The Morgan fingerprint density at radius 3 is 2.93 bits per heavy atom. The monoisotopic (exact) mass is 190 g/mol. The molecule has 1 aromatic rings. The first-order valence-electron chi connectivity index (χ1n) is 4.07. The van der Waals surface area contributed by atoms with Crippen LogP contribution in [0.4, 0.5) is 5.69 Å². The SMILES string of the molecule is COC(=O)CNc1ccccc1C#N. The maximum Gasteiger partial charge on any atom is 0.325 e. The molecule has 0 fully saturated rings. The van der Waals surface area contributed by atoms with Crippen LogP contribution in [0.15, 0.2) is 24.3 Å². The maximum atomic E-state index is 10.8. The molecule has 14 heavy (non-hydrogen) atoms. The molecule has 1 N–H and O–H groups in total. The lowest BCUT2D eigenvalue weighted by atomic mass is 10.2. The number of nitriles is 1. The number of anilines is 1. The van der Waals surface area contributed by atoms with Gasteiger partial charge in [0.25, 0.3) is 0 Å². The predicted molar refractivity (Wildman–Crippen MR) is 51.7 cm³/mol. The van der Waals surface area contributed by atoms with Crippen molar-refractivity contribution in [2.45, 2.75) is 0 Å². The van der Waals surface area contributed by atoms with Gasteiger partial charge in [-0.3, -0.25) is 4.79 Å². The van der Waals surface area contributed by atoms with E-state index in [2.05, 4.69) is 10.1 Å². The highest BCUT2D eigenvalue weighted by molar-refractivity contribution is 5.75. The van der Waals surface area contributed by atoms with Gasteiger partial charge < -0.3 is 10.1 Å². The third-order valence-electron chi connectivity index (χ3n) is 1.70. The minimum atomic E-state index is -0.363. The van der Waals surface area contributed by atoms with Gasteiger partial charge in [0.2, 0.25) is 0 Å². The van der Waals surface area contributed by atoms with Gasteiger partial charge in [0, 0.05) is 0 Å². The molecule has 0 bridgehead atoms. The average molecular weight is 190 g/mol. The minimum absolute atomic E-state index is 0.0647.